The highest BCUT2D eigenvalue weighted by Crippen LogP contribution is 2.44. The highest BCUT2D eigenvalue weighted by atomic mass is 33.1. The Morgan fingerprint density at radius 3 is 2.00 bits per heavy atom. The molecule has 3 aliphatic rings. The van der Waals surface area contributed by atoms with Crippen molar-refractivity contribution in [2.45, 2.75) is 111 Å². The zero-order valence-corrected chi connectivity index (χ0v) is 46.3. The Bertz CT molecular complexity index is 2670. The number of likely N-dealkylation sites (tertiary alicyclic amines) is 1. The minimum atomic E-state index is -1.79. The number of guanidine groups is 1. The van der Waals surface area contributed by atoms with Gasteiger partial charge in [0.1, 0.15) is 48.0 Å². The summed E-state index contributed by atoms with van der Waals surface area (Å²) in [6.07, 6.45) is 2.06. The van der Waals surface area contributed by atoms with Gasteiger partial charge in [0.05, 0.1) is 24.8 Å². The first kappa shape index (κ1) is 63.0. The third-order valence-electron chi connectivity index (χ3n) is 12.7. The number of carbonyl (C=O) groups is 11. The van der Waals surface area contributed by atoms with E-state index < -0.39 is 138 Å². The van der Waals surface area contributed by atoms with Gasteiger partial charge in [-0.1, -0.05) is 76.2 Å². The Morgan fingerprint density at radius 2 is 1.38 bits per heavy atom. The monoisotopic (exact) mass is 1160 g/mol. The topological polar surface area (TPSA) is 427 Å². The Morgan fingerprint density at radius 1 is 0.762 bits per heavy atom. The number of benzene rings is 2. The molecule has 2 aromatic rings. The molecule has 2 fully saturated rings. The molecule has 11 amide bonds. The van der Waals surface area contributed by atoms with Crippen LogP contribution in [0.15, 0.2) is 82.6 Å². The van der Waals surface area contributed by atoms with Crippen molar-refractivity contribution < 1.29 is 57.5 Å². The van der Waals surface area contributed by atoms with E-state index in [9.17, 15) is 52.7 Å². The molecule has 3 unspecified atom stereocenters. The van der Waals surface area contributed by atoms with Crippen molar-refractivity contribution in [1.29, 1.82) is 0 Å². The lowest BCUT2D eigenvalue weighted by Crippen LogP contribution is -2.61. The van der Waals surface area contributed by atoms with Crippen LogP contribution in [0.5, 0.6) is 5.75 Å². The molecule has 5 rings (SSSR count). The molecule has 432 valence electrons. The number of methoxy groups -OCH3 is 1. The molecule has 0 aliphatic carbocycles. The predicted octanol–water partition coefficient (Wildman–Crippen LogP) is -2.53. The van der Waals surface area contributed by atoms with E-state index in [4.69, 9.17) is 33.4 Å². The molecule has 17 N–H and O–H groups in total. The number of hydrogen-bond donors (Lipinski definition) is 12. The molecule has 0 radical (unpaired) electrons. The number of thioether (sulfide) groups is 1. The Labute approximate surface area is 473 Å². The van der Waals surface area contributed by atoms with Crippen LogP contribution in [0.4, 0.5) is 0 Å². The fraction of sp³-hybridized carbons (Fsp3) is 0.451. The maximum atomic E-state index is 14.9. The molecule has 26 nitrogen and oxygen atoms in total. The molecule has 7 atom stereocenters. The number of nitrogens with two attached hydrogens (primary N) is 5. The maximum absolute atomic E-state index is 14.9. The second kappa shape index (κ2) is 31.1. The second-order valence-corrected chi connectivity index (χ2v) is 22.4. The fourth-order valence-electron chi connectivity index (χ4n) is 8.66. The Hall–Kier alpha value is -7.79. The van der Waals surface area contributed by atoms with Crippen LogP contribution in [-0.4, -0.2) is 155 Å². The van der Waals surface area contributed by atoms with Crippen LogP contribution in [0.1, 0.15) is 62.5 Å². The normalized spacial score (nSPS) is 22.2. The first-order valence-corrected chi connectivity index (χ1v) is 28.7. The Balaban J connectivity index is 1.54. The molecule has 2 saturated heterocycles. The quantitative estimate of drug-likeness (QED) is 0.0282. The highest BCUT2D eigenvalue weighted by Gasteiger charge is 2.41. The minimum absolute atomic E-state index is 0.00628. The average Bonchev–Trinajstić information content (AvgIpc) is 3.95. The van der Waals surface area contributed by atoms with Crippen LogP contribution in [0.2, 0.25) is 0 Å². The van der Waals surface area contributed by atoms with Gasteiger partial charge in [-0.2, -0.15) is 0 Å². The molecule has 0 saturated carbocycles. The predicted molar refractivity (Wildman–Crippen MR) is 301 cm³/mol. The van der Waals surface area contributed by atoms with Crippen LogP contribution < -0.4 is 70.6 Å². The lowest BCUT2D eigenvalue weighted by atomic mass is 10.0. The number of hydrogen-bond acceptors (Lipinski definition) is 16. The van der Waals surface area contributed by atoms with Gasteiger partial charge in [0, 0.05) is 44.5 Å². The summed E-state index contributed by atoms with van der Waals surface area (Å²) < 4.78 is 4.19. The van der Waals surface area contributed by atoms with E-state index in [1.54, 1.807) is 77.6 Å². The van der Waals surface area contributed by atoms with Gasteiger partial charge in [0.25, 0.3) is 0 Å². The largest absolute Gasteiger partial charge is 0.497 e. The summed E-state index contributed by atoms with van der Waals surface area (Å²) in [5.74, 6) is -9.35. The van der Waals surface area contributed by atoms with Crippen molar-refractivity contribution in [1.82, 2.24) is 42.1 Å². The van der Waals surface area contributed by atoms with Crippen molar-refractivity contribution in [3.8, 4) is 5.75 Å². The number of carbonyl (C=O) groups excluding carboxylic acids is 11. The van der Waals surface area contributed by atoms with Gasteiger partial charge in [-0.15, -0.1) is 11.8 Å². The van der Waals surface area contributed by atoms with E-state index in [1.807, 2.05) is 0 Å². The van der Waals surface area contributed by atoms with Gasteiger partial charge < -0.3 is 75.5 Å². The van der Waals surface area contributed by atoms with Crippen molar-refractivity contribution in [2.75, 3.05) is 32.5 Å². The fourth-order valence-corrected chi connectivity index (χ4v) is 12.4. The molecule has 3 aliphatic heterocycles. The molecule has 1 spiro atoms. The van der Waals surface area contributed by atoms with Crippen LogP contribution in [-0.2, 0) is 65.6 Å². The van der Waals surface area contributed by atoms with Crippen LogP contribution >= 0.6 is 33.3 Å². The zero-order valence-electron chi connectivity index (χ0n) is 43.9. The van der Waals surface area contributed by atoms with E-state index >= 15 is 0 Å². The number of nitrogens with zero attached hydrogens (tertiary/aromatic N) is 2. The van der Waals surface area contributed by atoms with Gasteiger partial charge >= 0.3 is 0 Å². The summed E-state index contributed by atoms with van der Waals surface area (Å²) in [5.41, 5.74) is 28.4. The molecule has 0 aromatic heterocycles. The highest BCUT2D eigenvalue weighted by molar-refractivity contribution is 8.77. The van der Waals surface area contributed by atoms with Crippen LogP contribution in [0.3, 0.4) is 0 Å². The van der Waals surface area contributed by atoms with Gasteiger partial charge in [-0.3, -0.25) is 57.7 Å². The van der Waals surface area contributed by atoms with E-state index in [-0.39, 0.29) is 63.3 Å². The molecular formula is C51H68N14O12S3. The summed E-state index contributed by atoms with van der Waals surface area (Å²) in [5, 5.41) is 21.8. The summed E-state index contributed by atoms with van der Waals surface area (Å²) in [6.45, 7) is -0.426. The molecule has 2 aromatic carbocycles. The van der Waals surface area contributed by atoms with Crippen LogP contribution in [0.25, 0.3) is 0 Å². The number of ether oxygens (including phenoxy) is 1. The first-order valence-electron chi connectivity index (χ1n) is 25.4. The lowest BCUT2D eigenvalue weighted by Gasteiger charge is -2.32. The molecule has 0 bridgehead atoms. The second-order valence-electron chi connectivity index (χ2n) is 18.9. The number of primary amides is 3. The summed E-state index contributed by atoms with van der Waals surface area (Å²) in [7, 11) is 3.71. The average molecular weight is 1170 g/mol. The lowest BCUT2D eigenvalue weighted by molar-refractivity contribution is -0.142. The van der Waals surface area contributed by atoms with Gasteiger partial charge in [0.2, 0.25) is 65.0 Å². The minimum Gasteiger partial charge on any atom is -0.497 e. The van der Waals surface area contributed by atoms with Gasteiger partial charge in [0.15, 0.2) is 5.96 Å². The zero-order chi connectivity index (χ0) is 58.4. The molecule has 29 heteroatoms. The maximum Gasteiger partial charge on any atom is 0.246 e. The SMILES string of the molecule is COc1ccc(CC2NC(=O)CC3(C=CSC=C3)SSCC(C(=O)N3CCC[C@H]3C(=O)N[C@@H](CCCN=C(N)N)C(=O)NCC(N)=O)NC(=O)[C@H](CC(N)=O)NC(=O)[C@H](CCC(N)=O)NC(=O)C(Cc3ccccc3)NC2=O)cc1. The third kappa shape index (κ3) is 20.1. The first-order chi connectivity index (χ1) is 38.1. The summed E-state index contributed by atoms with van der Waals surface area (Å²) in [4.78, 5) is 156. The summed E-state index contributed by atoms with van der Waals surface area (Å²) in [6, 6.07) is 5.33. The Kier molecular flexibility index (Phi) is 24.5. The van der Waals surface area contributed by atoms with E-state index in [0.29, 0.717) is 23.3 Å². The molecule has 80 heavy (non-hydrogen) atoms. The van der Waals surface area contributed by atoms with Crippen molar-refractivity contribution >= 4 is 104 Å². The van der Waals surface area contributed by atoms with Crippen molar-refractivity contribution in [3.63, 3.8) is 0 Å². The van der Waals surface area contributed by atoms with E-state index in [1.165, 1.54) is 23.8 Å². The van der Waals surface area contributed by atoms with E-state index in [0.717, 1.165) is 21.6 Å². The number of amides is 11. The van der Waals surface area contributed by atoms with E-state index in [2.05, 4.69) is 42.2 Å². The third-order valence-corrected chi connectivity index (χ3v) is 16.3. The van der Waals surface area contributed by atoms with Gasteiger partial charge in [-0.05, 0) is 66.2 Å². The standard InChI is InChI=1S/C51H68N14O12S3/c1-77-31-13-11-30(12-14-31)24-34-45(72)62-35(23-29-7-3-2-4-8-29)46(73)60-33(15-16-39(52)66)44(71)63-36(25-40(53)67)47(74)64-37(28-79-80-51(26-42(69)59-34)17-21-78-22-18-51)49(76)65-20-6-10-38(65)48(75)61-32(9-5-19-57-50(55)56)43(70)58-27-41(54)68/h2-4,7-8,11-14,17-18,21-22,32-38H,5-6,9-10,15-16,19-20,23-28H2,1H3,(H2,52,66)(H2,53,67)(H2,54,68)(H,58,70)(H,59,69)(H,60,73)(H,61,75)(H,62,72)(H,63,71)(H,64,74)(H4,55,56,57)/t32-,33-,34?,35?,36-,37?,38-/m0/s1. The molecule has 3 heterocycles. The van der Waals surface area contributed by atoms with Crippen LogP contribution in [0, 0.1) is 0 Å². The van der Waals surface area contributed by atoms with Crippen molar-refractivity contribution in [3.05, 3.63) is 88.7 Å². The molecular weight excluding hydrogens is 1100 g/mol. The number of rotatable bonds is 20. The number of nitrogens with one attached hydrogen (secondary N) is 7. The smallest absolute Gasteiger partial charge is 0.246 e. The number of aliphatic imine (C=N–C) groups is 1. The summed E-state index contributed by atoms with van der Waals surface area (Å²) >= 11 is 1.33. The van der Waals surface area contributed by atoms with Crippen molar-refractivity contribution in [2.24, 2.45) is 33.7 Å². The van der Waals surface area contributed by atoms with Gasteiger partial charge in [-0.25, -0.2) is 0 Å².